The summed E-state index contributed by atoms with van der Waals surface area (Å²) in [5, 5.41) is 2.57. The summed E-state index contributed by atoms with van der Waals surface area (Å²) < 4.78 is 33.9. The number of halogens is 1. The highest BCUT2D eigenvalue weighted by atomic mass is 19.1. The van der Waals surface area contributed by atoms with Gasteiger partial charge >= 0.3 is 5.97 Å². The fraction of sp³-hybridized carbons (Fsp3) is 0.208. The van der Waals surface area contributed by atoms with Crippen molar-refractivity contribution in [3.8, 4) is 11.5 Å². The fourth-order valence-electron chi connectivity index (χ4n) is 2.83. The van der Waals surface area contributed by atoms with Crippen molar-refractivity contribution < 1.29 is 37.4 Å². The molecule has 0 saturated carbocycles. The number of rotatable bonds is 10. The Balaban J connectivity index is 1.51. The topological polar surface area (TPSA) is 107 Å². The number of anilines is 1. The second-order valence-corrected chi connectivity index (χ2v) is 7.11. The molecule has 178 valence electrons. The number of ether oxygens (including phenoxy) is 3. The van der Waals surface area contributed by atoms with E-state index < -0.39 is 30.2 Å². The Kier molecular flexibility index (Phi) is 8.22. The Morgan fingerprint density at radius 3 is 2.47 bits per heavy atom. The van der Waals surface area contributed by atoms with E-state index in [1.807, 2.05) is 0 Å². The molecular formula is C24H23FN2O7. The number of hydrogen-bond donors (Lipinski definition) is 1. The van der Waals surface area contributed by atoms with Crippen molar-refractivity contribution in [1.82, 2.24) is 4.90 Å². The Hall–Kier alpha value is -4.34. The minimum atomic E-state index is -0.723. The van der Waals surface area contributed by atoms with Gasteiger partial charge in [-0.2, -0.15) is 0 Å². The van der Waals surface area contributed by atoms with Crippen molar-refractivity contribution in [2.24, 2.45) is 0 Å². The molecule has 3 aromatic rings. The highest BCUT2D eigenvalue weighted by Crippen LogP contribution is 2.28. The molecule has 0 radical (unpaired) electrons. The molecule has 0 unspecified atom stereocenters. The molecule has 1 N–H and O–H groups in total. The third-order valence-electron chi connectivity index (χ3n) is 4.61. The molecule has 3 rings (SSSR count). The van der Waals surface area contributed by atoms with Gasteiger partial charge in [-0.1, -0.05) is 0 Å². The van der Waals surface area contributed by atoms with Gasteiger partial charge in [-0.3, -0.25) is 9.59 Å². The number of carbonyl (C=O) groups is 3. The average Bonchev–Trinajstić information content (AvgIpc) is 3.35. The van der Waals surface area contributed by atoms with Gasteiger partial charge in [-0.05, 0) is 54.6 Å². The van der Waals surface area contributed by atoms with Crippen molar-refractivity contribution in [3.63, 3.8) is 0 Å². The van der Waals surface area contributed by atoms with Crippen LogP contribution in [-0.4, -0.2) is 50.1 Å². The molecule has 0 aliphatic carbocycles. The predicted octanol–water partition coefficient (Wildman–Crippen LogP) is 3.26. The summed E-state index contributed by atoms with van der Waals surface area (Å²) in [5.41, 5.74) is 0.561. The molecule has 9 nitrogen and oxygen atoms in total. The monoisotopic (exact) mass is 470 g/mol. The highest BCUT2D eigenvalue weighted by Gasteiger charge is 2.17. The fourth-order valence-corrected chi connectivity index (χ4v) is 2.83. The number of carbonyl (C=O) groups excluding carboxylic acids is 3. The molecule has 2 amide bonds. The second kappa shape index (κ2) is 11.5. The summed E-state index contributed by atoms with van der Waals surface area (Å²) in [7, 11) is 2.95. The van der Waals surface area contributed by atoms with Gasteiger partial charge < -0.3 is 28.8 Å². The number of nitrogens with one attached hydrogen (secondary N) is 1. The summed E-state index contributed by atoms with van der Waals surface area (Å²) in [6.45, 7) is -0.536. The van der Waals surface area contributed by atoms with Gasteiger partial charge in [0.2, 0.25) is 0 Å². The maximum atomic E-state index is 13.0. The first-order valence-corrected chi connectivity index (χ1v) is 10.2. The summed E-state index contributed by atoms with van der Waals surface area (Å²) in [6, 6.07) is 13.0. The van der Waals surface area contributed by atoms with Crippen molar-refractivity contribution in [2.75, 3.05) is 32.7 Å². The smallest absolute Gasteiger partial charge is 0.338 e. The number of hydrogen-bond acceptors (Lipinski definition) is 7. The zero-order valence-corrected chi connectivity index (χ0v) is 18.6. The highest BCUT2D eigenvalue weighted by molar-refractivity contribution is 5.93. The van der Waals surface area contributed by atoms with Crippen LogP contribution < -0.4 is 14.8 Å². The number of furan rings is 1. The first-order valence-electron chi connectivity index (χ1n) is 10.2. The van der Waals surface area contributed by atoms with E-state index in [4.69, 9.17) is 18.6 Å². The molecule has 0 fully saturated rings. The lowest BCUT2D eigenvalue weighted by Gasteiger charge is -2.16. The van der Waals surface area contributed by atoms with Crippen LogP contribution in [0.5, 0.6) is 11.5 Å². The molecule has 0 bridgehead atoms. The zero-order valence-electron chi connectivity index (χ0n) is 18.6. The van der Waals surface area contributed by atoms with Crippen LogP contribution in [0.1, 0.15) is 16.1 Å². The lowest BCUT2D eigenvalue weighted by Crippen LogP contribution is -2.30. The minimum Gasteiger partial charge on any atom is -0.493 e. The summed E-state index contributed by atoms with van der Waals surface area (Å²) in [6.07, 6.45) is 1.51. The Labute approximate surface area is 195 Å². The SMILES string of the molecule is COc1cc(C(=O)OCC(=O)N(C)Cc2ccco2)ccc1OCC(=O)Nc1ccc(F)cc1. The molecule has 1 heterocycles. The van der Waals surface area contributed by atoms with Crippen molar-refractivity contribution >= 4 is 23.5 Å². The molecule has 10 heteroatoms. The van der Waals surface area contributed by atoms with Crippen molar-refractivity contribution in [3.05, 3.63) is 78.0 Å². The van der Waals surface area contributed by atoms with E-state index in [1.165, 1.54) is 60.7 Å². The number of methoxy groups -OCH3 is 1. The van der Waals surface area contributed by atoms with Crippen LogP contribution in [0.15, 0.2) is 65.3 Å². The minimum absolute atomic E-state index is 0.140. The van der Waals surface area contributed by atoms with Gasteiger partial charge in [0.1, 0.15) is 11.6 Å². The van der Waals surface area contributed by atoms with Gasteiger partial charge in [0.05, 0.1) is 25.5 Å². The Morgan fingerprint density at radius 2 is 1.79 bits per heavy atom. The third kappa shape index (κ3) is 6.83. The van der Waals surface area contributed by atoms with Gasteiger partial charge in [0.15, 0.2) is 24.7 Å². The van der Waals surface area contributed by atoms with E-state index >= 15 is 0 Å². The number of likely N-dealkylation sites (N-methyl/N-ethyl adjacent to an activating group) is 1. The van der Waals surface area contributed by atoms with E-state index in [2.05, 4.69) is 5.32 Å². The molecule has 0 aliphatic rings. The number of nitrogens with zero attached hydrogens (tertiary/aromatic N) is 1. The van der Waals surface area contributed by atoms with Crippen LogP contribution in [0.4, 0.5) is 10.1 Å². The first kappa shape index (κ1) is 24.3. The van der Waals surface area contributed by atoms with Gasteiger partial charge in [0, 0.05) is 12.7 Å². The van der Waals surface area contributed by atoms with E-state index in [0.717, 1.165) is 0 Å². The van der Waals surface area contributed by atoms with E-state index in [-0.39, 0.29) is 30.2 Å². The lowest BCUT2D eigenvalue weighted by atomic mass is 10.2. The standard InChI is InChI=1S/C24H23FN2O7/c1-27(13-19-4-3-11-32-19)23(29)15-34-24(30)16-5-10-20(21(12-16)31-2)33-14-22(28)26-18-8-6-17(25)7-9-18/h3-12H,13-15H2,1-2H3,(H,26,28). The van der Waals surface area contributed by atoms with Gasteiger partial charge in [-0.25, -0.2) is 9.18 Å². The lowest BCUT2D eigenvalue weighted by molar-refractivity contribution is -0.134. The molecule has 2 aromatic carbocycles. The largest absolute Gasteiger partial charge is 0.493 e. The van der Waals surface area contributed by atoms with Crippen LogP contribution >= 0.6 is 0 Å². The predicted molar refractivity (Wildman–Crippen MR) is 119 cm³/mol. The van der Waals surface area contributed by atoms with Crippen LogP contribution in [0.3, 0.4) is 0 Å². The maximum Gasteiger partial charge on any atom is 0.338 e. The molecule has 0 atom stereocenters. The van der Waals surface area contributed by atoms with Gasteiger partial charge in [0.25, 0.3) is 11.8 Å². The Morgan fingerprint density at radius 1 is 1.03 bits per heavy atom. The number of amides is 2. The maximum absolute atomic E-state index is 13.0. The second-order valence-electron chi connectivity index (χ2n) is 7.11. The summed E-state index contributed by atoms with van der Waals surface area (Å²) >= 11 is 0. The molecule has 0 saturated heterocycles. The zero-order chi connectivity index (χ0) is 24.5. The van der Waals surface area contributed by atoms with E-state index in [0.29, 0.717) is 11.4 Å². The van der Waals surface area contributed by atoms with E-state index in [9.17, 15) is 18.8 Å². The van der Waals surface area contributed by atoms with E-state index in [1.54, 1.807) is 19.2 Å². The average molecular weight is 470 g/mol. The van der Waals surface area contributed by atoms with Crippen molar-refractivity contribution in [2.45, 2.75) is 6.54 Å². The first-order chi connectivity index (χ1) is 16.4. The molecular weight excluding hydrogens is 447 g/mol. The third-order valence-corrected chi connectivity index (χ3v) is 4.61. The number of esters is 1. The van der Waals surface area contributed by atoms with Crippen LogP contribution in [0.2, 0.25) is 0 Å². The normalized spacial score (nSPS) is 10.3. The Bertz CT molecular complexity index is 1130. The summed E-state index contributed by atoms with van der Waals surface area (Å²) in [5.74, 6) is -0.971. The van der Waals surface area contributed by atoms with Crippen LogP contribution in [0.25, 0.3) is 0 Å². The molecule has 0 spiro atoms. The van der Waals surface area contributed by atoms with Crippen molar-refractivity contribution in [1.29, 1.82) is 0 Å². The van der Waals surface area contributed by atoms with Crippen LogP contribution in [0, 0.1) is 5.82 Å². The number of benzene rings is 2. The van der Waals surface area contributed by atoms with Crippen LogP contribution in [-0.2, 0) is 20.9 Å². The van der Waals surface area contributed by atoms with Gasteiger partial charge in [-0.15, -0.1) is 0 Å². The molecule has 34 heavy (non-hydrogen) atoms. The summed E-state index contributed by atoms with van der Waals surface area (Å²) in [4.78, 5) is 38.0. The molecule has 1 aromatic heterocycles. The molecule has 0 aliphatic heterocycles. The quantitative estimate of drug-likeness (QED) is 0.453.